The zero-order chi connectivity index (χ0) is 20.2. The summed E-state index contributed by atoms with van der Waals surface area (Å²) in [5.74, 6) is -0.992. The number of carbonyl (C=O) groups excluding carboxylic acids is 1. The Morgan fingerprint density at radius 1 is 1.19 bits per heavy atom. The first-order valence-corrected chi connectivity index (χ1v) is 10.6. The quantitative estimate of drug-likeness (QED) is 0.762. The average molecular weight is 397 g/mol. The molecular formula is C19H28N2O5S. The van der Waals surface area contributed by atoms with Crippen molar-refractivity contribution in [2.45, 2.75) is 43.9 Å². The van der Waals surface area contributed by atoms with Crippen molar-refractivity contribution >= 4 is 21.9 Å². The van der Waals surface area contributed by atoms with E-state index in [2.05, 4.69) is 13.8 Å². The van der Waals surface area contributed by atoms with Gasteiger partial charge in [-0.2, -0.15) is 4.31 Å². The fraction of sp³-hybridized carbons (Fsp3) is 0.579. The molecular weight excluding hydrogens is 368 g/mol. The lowest BCUT2D eigenvalue weighted by atomic mass is 9.96. The van der Waals surface area contributed by atoms with Gasteiger partial charge in [0, 0.05) is 32.6 Å². The molecule has 7 nitrogen and oxygen atoms in total. The minimum Gasteiger partial charge on any atom is -0.481 e. The summed E-state index contributed by atoms with van der Waals surface area (Å²) in [7, 11) is -1.98. The largest absolute Gasteiger partial charge is 0.481 e. The number of benzene rings is 1. The van der Waals surface area contributed by atoms with Gasteiger partial charge in [-0.3, -0.25) is 9.59 Å². The summed E-state index contributed by atoms with van der Waals surface area (Å²) in [6, 6.07) is 6.96. The SMILES string of the molecule is CC(C)c1ccc(S(=O)(=O)N2CCC(C(=O)N(C)CCC(=O)O)CC2)cc1. The summed E-state index contributed by atoms with van der Waals surface area (Å²) in [4.78, 5) is 24.7. The van der Waals surface area contributed by atoms with Crippen molar-refractivity contribution in [1.29, 1.82) is 0 Å². The maximum absolute atomic E-state index is 12.8. The van der Waals surface area contributed by atoms with Gasteiger partial charge in [-0.05, 0) is 36.5 Å². The van der Waals surface area contributed by atoms with Gasteiger partial charge in [0.25, 0.3) is 0 Å². The lowest BCUT2D eigenvalue weighted by molar-refractivity contribution is -0.139. The first-order valence-electron chi connectivity index (χ1n) is 9.19. The van der Waals surface area contributed by atoms with E-state index in [9.17, 15) is 18.0 Å². The van der Waals surface area contributed by atoms with Crippen LogP contribution in [0.25, 0.3) is 0 Å². The lowest BCUT2D eigenvalue weighted by Crippen LogP contribution is -2.43. The number of sulfonamides is 1. The zero-order valence-corrected chi connectivity index (χ0v) is 16.9. The molecule has 0 spiro atoms. The van der Waals surface area contributed by atoms with Gasteiger partial charge in [-0.1, -0.05) is 26.0 Å². The number of hydrogen-bond acceptors (Lipinski definition) is 4. The molecule has 8 heteroatoms. The zero-order valence-electron chi connectivity index (χ0n) is 16.1. The highest BCUT2D eigenvalue weighted by molar-refractivity contribution is 7.89. The molecule has 0 radical (unpaired) electrons. The molecule has 1 aromatic rings. The van der Waals surface area contributed by atoms with Crippen LogP contribution >= 0.6 is 0 Å². The molecule has 1 saturated heterocycles. The fourth-order valence-electron chi connectivity index (χ4n) is 3.20. The van der Waals surface area contributed by atoms with Gasteiger partial charge < -0.3 is 10.0 Å². The summed E-state index contributed by atoms with van der Waals surface area (Å²) in [5.41, 5.74) is 1.09. The molecule has 1 fully saturated rings. The summed E-state index contributed by atoms with van der Waals surface area (Å²) in [5, 5.41) is 8.72. The van der Waals surface area contributed by atoms with Gasteiger partial charge in [0.15, 0.2) is 0 Å². The molecule has 0 saturated carbocycles. The second-order valence-corrected chi connectivity index (χ2v) is 9.24. The Hall–Kier alpha value is -1.93. The molecule has 1 aromatic carbocycles. The molecule has 150 valence electrons. The number of hydrogen-bond donors (Lipinski definition) is 1. The van der Waals surface area contributed by atoms with Crippen molar-refractivity contribution in [2.75, 3.05) is 26.7 Å². The Bertz CT molecular complexity index is 766. The summed E-state index contributed by atoms with van der Waals surface area (Å²) < 4.78 is 27.1. The number of carboxylic acid groups (broad SMARTS) is 1. The van der Waals surface area contributed by atoms with Crippen LogP contribution in [0.15, 0.2) is 29.2 Å². The van der Waals surface area contributed by atoms with Gasteiger partial charge in [0.2, 0.25) is 15.9 Å². The summed E-state index contributed by atoms with van der Waals surface area (Å²) in [6.07, 6.45) is 0.793. The molecule has 27 heavy (non-hydrogen) atoms. The number of amides is 1. The molecule has 0 atom stereocenters. The number of nitrogens with zero attached hydrogens (tertiary/aromatic N) is 2. The van der Waals surface area contributed by atoms with E-state index in [1.807, 2.05) is 12.1 Å². The molecule has 0 aromatic heterocycles. The van der Waals surface area contributed by atoms with Crippen LogP contribution in [0.3, 0.4) is 0 Å². The van der Waals surface area contributed by atoms with E-state index in [0.29, 0.717) is 18.8 Å². The summed E-state index contributed by atoms with van der Waals surface area (Å²) in [6.45, 7) is 4.85. The van der Waals surface area contributed by atoms with Crippen LogP contribution in [0.5, 0.6) is 0 Å². The highest BCUT2D eigenvalue weighted by atomic mass is 32.2. The molecule has 1 amide bonds. The van der Waals surface area contributed by atoms with Gasteiger partial charge in [0.1, 0.15) is 0 Å². The van der Waals surface area contributed by atoms with E-state index in [0.717, 1.165) is 5.56 Å². The van der Waals surface area contributed by atoms with Crippen LogP contribution in [0.2, 0.25) is 0 Å². The van der Waals surface area contributed by atoms with Crippen LogP contribution < -0.4 is 0 Å². The molecule has 0 bridgehead atoms. The Morgan fingerprint density at radius 2 is 1.74 bits per heavy atom. The van der Waals surface area contributed by atoms with E-state index in [1.54, 1.807) is 19.2 Å². The van der Waals surface area contributed by atoms with E-state index in [-0.39, 0.29) is 42.8 Å². The first kappa shape index (κ1) is 21.4. The van der Waals surface area contributed by atoms with Crippen molar-refractivity contribution in [3.63, 3.8) is 0 Å². The highest BCUT2D eigenvalue weighted by Crippen LogP contribution is 2.26. The van der Waals surface area contributed by atoms with Crippen LogP contribution in [0.1, 0.15) is 44.6 Å². The molecule has 1 heterocycles. The Balaban J connectivity index is 1.97. The van der Waals surface area contributed by atoms with Gasteiger partial charge in [-0.25, -0.2) is 8.42 Å². The fourth-order valence-corrected chi connectivity index (χ4v) is 4.67. The maximum Gasteiger partial charge on any atom is 0.305 e. The number of carbonyl (C=O) groups is 2. The van der Waals surface area contributed by atoms with Gasteiger partial charge in [0.05, 0.1) is 11.3 Å². The minimum absolute atomic E-state index is 0.0954. The average Bonchev–Trinajstić information content (AvgIpc) is 2.65. The van der Waals surface area contributed by atoms with E-state index < -0.39 is 16.0 Å². The van der Waals surface area contributed by atoms with Crippen molar-refractivity contribution < 1.29 is 23.1 Å². The smallest absolute Gasteiger partial charge is 0.305 e. The van der Waals surface area contributed by atoms with Crippen molar-refractivity contribution in [3.8, 4) is 0 Å². The Morgan fingerprint density at radius 3 is 2.22 bits per heavy atom. The highest BCUT2D eigenvalue weighted by Gasteiger charge is 2.33. The molecule has 1 aliphatic rings. The van der Waals surface area contributed by atoms with Crippen LogP contribution in [-0.2, 0) is 19.6 Å². The number of carboxylic acids is 1. The van der Waals surface area contributed by atoms with E-state index in [4.69, 9.17) is 5.11 Å². The standard InChI is InChI=1S/C19H28N2O5S/c1-14(2)15-4-6-17(7-5-15)27(25,26)21-12-8-16(9-13-21)19(24)20(3)11-10-18(22)23/h4-7,14,16H,8-13H2,1-3H3,(H,22,23). The van der Waals surface area contributed by atoms with Crippen LogP contribution in [0, 0.1) is 5.92 Å². The number of aliphatic carboxylic acids is 1. The lowest BCUT2D eigenvalue weighted by Gasteiger charge is -2.32. The van der Waals surface area contributed by atoms with Crippen molar-refractivity contribution in [3.05, 3.63) is 29.8 Å². The second-order valence-electron chi connectivity index (χ2n) is 7.31. The Kier molecular flexibility index (Phi) is 7.00. The number of rotatable bonds is 7. The van der Waals surface area contributed by atoms with Crippen molar-refractivity contribution in [1.82, 2.24) is 9.21 Å². The van der Waals surface area contributed by atoms with Crippen LogP contribution in [-0.4, -0.2) is 61.3 Å². The normalized spacial score (nSPS) is 16.4. The van der Waals surface area contributed by atoms with E-state index in [1.165, 1.54) is 9.21 Å². The third kappa shape index (κ3) is 5.29. The Labute approximate surface area is 161 Å². The third-order valence-electron chi connectivity index (χ3n) is 5.03. The number of piperidine rings is 1. The predicted molar refractivity (Wildman–Crippen MR) is 102 cm³/mol. The van der Waals surface area contributed by atoms with E-state index >= 15 is 0 Å². The predicted octanol–water partition coefficient (Wildman–Crippen LogP) is 2.14. The van der Waals surface area contributed by atoms with Crippen molar-refractivity contribution in [2.24, 2.45) is 5.92 Å². The summed E-state index contributed by atoms with van der Waals surface area (Å²) >= 11 is 0. The maximum atomic E-state index is 12.8. The topological polar surface area (TPSA) is 95.0 Å². The second kappa shape index (κ2) is 8.84. The molecule has 1 aliphatic heterocycles. The van der Waals surface area contributed by atoms with Crippen LogP contribution in [0.4, 0.5) is 0 Å². The first-order chi connectivity index (χ1) is 12.6. The molecule has 0 aliphatic carbocycles. The van der Waals surface area contributed by atoms with Gasteiger partial charge in [-0.15, -0.1) is 0 Å². The minimum atomic E-state index is -3.56. The molecule has 0 unspecified atom stereocenters. The van der Waals surface area contributed by atoms with Gasteiger partial charge >= 0.3 is 5.97 Å². The monoisotopic (exact) mass is 396 g/mol. The molecule has 2 rings (SSSR count). The molecule has 1 N–H and O–H groups in total. The third-order valence-corrected chi connectivity index (χ3v) is 6.94.